The van der Waals surface area contributed by atoms with Crippen LogP contribution in [-0.4, -0.2) is 26.2 Å². The zero-order valence-corrected chi connectivity index (χ0v) is 6.64. The molecule has 0 unspecified atom stereocenters. The number of carbonyl (C=O) groups excluding carboxylic acids is 1. The lowest BCUT2D eigenvalue weighted by Gasteiger charge is -2.00. The normalized spacial score (nSPS) is 9.40. The molecule has 0 amide bonds. The van der Waals surface area contributed by atoms with Gasteiger partial charge in [-0.25, -0.2) is 0 Å². The highest BCUT2D eigenvalue weighted by Crippen LogP contribution is 1.80. The molecule has 62 valence electrons. The fourth-order valence-electron chi connectivity index (χ4n) is 0.594. The highest BCUT2D eigenvalue weighted by atomic mass is 16.5. The zero-order valence-electron chi connectivity index (χ0n) is 6.64. The summed E-state index contributed by atoms with van der Waals surface area (Å²) in [7, 11) is 1.40. The summed E-state index contributed by atoms with van der Waals surface area (Å²) >= 11 is 0. The van der Waals surface area contributed by atoms with Crippen LogP contribution in [0.15, 0.2) is 0 Å². The Bertz CT molecular complexity index is 98.4. The Balaban J connectivity index is 0. The van der Waals surface area contributed by atoms with Crippen molar-refractivity contribution in [2.75, 3.05) is 20.2 Å². The number of esters is 1. The Hall–Kier alpha value is -0.570. The third-order valence-electron chi connectivity index (χ3n) is 1.16. The van der Waals surface area contributed by atoms with Gasteiger partial charge in [-0.3, -0.25) is 4.79 Å². The molecule has 0 fully saturated rings. The van der Waals surface area contributed by atoms with E-state index in [1.165, 1.54) is 7.11 Å². The van der Waals surface area contributed by atoms with Crippen LogP contribution in [0.4, 0.5) is 0 Å². The lowest BCUT2D eigenvalue weighted by atomic mass is 10.4. The number of carbonyl (C=O) groups is 1. The van der Waals surface area contributed by atoms with Crippen molar-refractivity contribution in [2.45, 2.75) is 19.8 Å². The van der Waals surface area contributed by atoms with Crippen LogP contribution in [0.1, 0.15) is 21.2 Å². The maximum absolute atomic E-state index is 10.5. The third kappa shape index (κ3) is 5.56. The van der Waals surface area contributed by atoms with E-state index >= 15 is 0 Å². The molecule has 0 saturated carbocycles. The van der Waals surface area contributed by atoms with Crippen molar-refractivity contribution in [2.24, 2.45) is 0 Å². The van der Waals surface area contributed by atoms with E-state index < -0.39 is 0 Å². The molecule has 0 atom stereocenters. The maximum Gasteiger partial charge on any atom is 0.306 e. The number of nitrogens with one attached hydrogen (secondary N) is 1. The van der Waals surface area contributed by atoms with Gasteiger partial charge in [0.1, 0.15) is 0 Å². The SMILES string of the molecule is CCCNCCC(=O)OC.[HH]. The minimum atomic E-state index is -0.149. The second-order valence-electron chi connectivity index (χ2n) is 2.08. The maximum atomic E-state index is 10.5. The third-order valence-corrected chi connectivity index (χ3v) is 1.16. The van der Waals surface area contributed by atoms with Gasteiger partial charge in [-0.2, -0.15) is 0 Å². The minimum absolute atomic E-state index is 0. The minimum Gasteiger partial charge on any atom is -0.469 e. The fourth-order valence-corrected chi connectivity index (χ4v) is 0.594. The highest BCUT2D eigenvalue weighted by molar-refractivity contribution is 5.69. The van der Waals surface area contributed by atoms with Crippen LogP contribution in [0.5, 0.6) is 0 Å². The average molecular weight is 147 g/mol. The number of ether oxygens (including phenoxy) is 1. The number of hydrogen-bond donors (Lipinski definition) is 1. The molecule has 3 nitrogen and oxygen atoms in total. The molecule has 0 saturated heterocycles. The summed E-state index contributed by atoms with van der Waals surface area (Å²) in [6, 6.07) is 0. The van der Waals surface area contributed by atoms with E-state index in [1.807, 2.05) is 0 Å². The number of rotatable bonds is 5. The topological polar surface area (TPSA) is 38.3 Å². The van der Waals surface area contributed by atoms with Crippen molar-refractivity contribution in [1.29, 1.82) is 0 Å². The molecule has 0 aliphatic rings. The number of methoxy groups -OCH3 is 1. The molecule has 3 heteroatoms. The monoisotopic (exact) mass is 147 g/mol. The molecule has 0 aliphatic heterocycles. The van der Waals surface area contributed by atoms with Gasteiger partial charge in [0, 0.05) is 7.97 Å². The Morgan fingerprint density at radius 2 is 2.30 bits per heavy atom. The van der Waals surface area contributed by atoms with Crippen molar-refractivity contribution in [3.8, 4) is 0 Å². The first-order chi connectivity index (χ1) is 4.81. The average Bonchev–Trinajstić information content (AvgIpc) is 1.98. The first-order valence-corrected chi connectivity index (χ1v) is 3.58. The Morgan fingerprint density at radius 1 is 1.60 bits per heavy atom. The Labute approximate surface area is 63.2 Å². The summed E-state index contributed by atoms with van der Waals surface area (Å²) in [6.07, 6.45) is 1.57. The van der Waals surface area contributed by atoms with Gasteiger partial charge in [-0.1, -0.05) is 6.92 Å². The molecule has 0 aromatic heterocycles. The first kappa shape index (κ1) is 9.43. The van der Waals surface area contributed by atoms with E-state index in [1.54, 1.807) is 0 Å². The predicted octanol–water partition coefficient (Wildman–Crippen LogP) is 0.795. The van der Waals surface area contributed by atoms with Crippen LogP contribution in [0.25, 0.3) is 0 Å². The summed E-state index contributed by atoms with van der Waals surface area (Å²) in [5.41, 5.74) is 0. The molecular weight excluding hydrogens is 130 g/mol. The van der Waals surface area contributed by atoms with Gasteiger partial charge in [-0.15, -0.1) is 0 Å². The quantitative estimate of drug-likeness (QED) is 0.461. The molecule has 0 radical (unpaired) electrons. The summed E-state index contributed by atoms with van der Waals surface area (Å²) in [6.45, 7) is 3.78. The van der Waals surface area contributed by atoms with Gasteiger partial charge >= 0.3 is 5.97 Å². The van der Waals surface area contributed by atoms with Crippen molar-refractivity contribution < 1.29 is 11.0 Å². The van der Waals surface area contributed by atoms with Gasteiger partial charge < -0.3 is 10.1 Å². The van der Waals surface area contributed by atoms with Crippen LogP contribution < -0.4 is 5.32 Å². The van der Waals surface area contributed by atoms with E-state index in [2.05, 4.69) is 17.0 Å². The van der Waals surface area contributed by atoms with E-state index in [0.717, 1.165) is 19.5 Å². The van der Waals surface area contributed by atoms with Crippen LogP contribution in [0, 0.1) is 0 Å². The fraction of sp³-hybridized carbons (Fsp3) is 0.857. The highest BCUT2D eigenvalue weighted by Gasteiger charge is 1.96. The molecule has 0 rings (SSSR count). The molecule has 0 heterocycles. The van der Waals surface area contributed by atoms with Gasteiger partial charge in [0.25, 0.3) is 0 Å². The predicted molar refractivity (Wildman–Crippen MR) is 41.9 cm³/mol. The van der Waals surface area contributed by atoms with E-state index in [0.29, 0.717) is 6.42 Å². The van der Waals surface area contributed by atoms with Crippen molar-refractivity contribution in [1.82, 2.24) is 5.32 Å². The van der Waals surface area contributed by atoms with Gasteiger partial charge in [-0.05, 0) is 13.0 Å². The zero-order chi connectivity index (χ0) is 7.82. The van der Waals surface area contributed by atoms with Crippen LogP contribution in [0.2, 0.25) is 0 Å². The Kier molecular flexibility index (Phi) is 6.18. The summed E-state index contributed by atoms with van der Waals surface area (Å²) in [5.74, 6) is -0.149. The smallest absolute Gasteiger partial charge is 0.306 e. The van der Waals surface area contributed by atoms with Gasteiger partial charge in [0.05, 0.1) is 13.5 Å². The van der Waals surface area contributed by atoms with Crippen molar-refractivity contribution in [3.05, 3.63) is 0 Å². The molecule has 10 heavy (non-hydrogen) atoms. The standard InChI is InChI=1S/C7H15NO2.H2/c1-3-5-8-6-4-7(9)10-2;/h8H,3-6H2,1-2H3;1H. The first-order valence-electron chi connectivity index (χ1n) is 3.58. The molecule has 1 N–H and O–H groups in total. The van der Waals surface area contributed by atoms with Gasteiger partial charge in [0.15, 0.2) is 0 Å². The molecule has 0 aliphatic carbocycles. The molecule has 0 spiro atoms. The summed E-state index contributed by atoms with van der Waals surface area (Å²) < 4.78 is 4.45. The van der Waals surface area contributed by atoms with Crippen LogP contribution in [-0.2, 0) is 9.53 Å². The summed E-state index contributed by atoms with van der Waals surface area (Å²) in [4.78, 5) is 10.5. The lowest BCUT2D eigenvalue weighted by molar-refractivity contribution is -0.140. The number of hydrogen-bond acceptors (Lipinski definition) is 3. The second kappa shape index (κ2) is 6.55. The molecule has 0 aromatic rings. The van der Waals surface area contributed by atoms with E-state index in [-0.39, 0.29) is 7.40 Å². The largest absolute Gasteiger partial charge is 0.469 e. The van der Waals surface area contributed by atoms with Crippen molar-refractivity contribution >= 4 is 5.97 Å². The Morgan fingerprint density at radius 3 is 2.80 bits per heavy atom. The van der Waals surface area contributed by atoms with Crippen molar-refractivity contribution in [3.63, 3.8) is 0 Å². The molecular formula is C7H17NO2. The molecule has 0 aromatic carbocycles. The van der Waals surface area contributed by atoms with Crippen LogP contribution >= 0.6 is 0 Å². The summed E-state index contributed by atoms with van der Waals surface area (Å²) in [5, 5.41) is 3.10. The van der Waals surface area contributed by atoms with E-state index in [9.17, 15) is 4.79 Å². The lowest BCUT2D eigenvalue weighted by Crippen LogP contribution is -2.19. The van der Waals surface area contributed by atoms with E-state index in [4.69, 9.17) is 0 Å². The second-order valence-corrected chi connectivity index (χ2v) is 2.08. The molecule has 0 bridgehead atoms. The van der Waals surface area contributed by atoms with Crippen LogP contribution in [0.3, 0.4) is 0 Å². The van der Waals surface area contributed by atoms with Gasteiger partial charge in [0.2, 0.25) is 0 Å².